The number of ether oxygens (including phenoxy) is 1. The van der Waals surface area contributed by atoms with Crippen molar-refractivity contribution in [1.29, 1.82) is 0 Å². The van der Waals surface area contributed by atoms with E-state index in [1.807, 2.05) is 50.8 Å². The molecular formula is C26H34N2O3. The Balaban J connectivity index is 1.98. The van der Waals surface area contributed by atoms with E-state index in [-0.39, 0.29) is 23.9 Å². The van der Waals surface area contributed by atoms with Gasteiger partial charge in [-0.25, -0.2) is 0 Å². The van der Waals surface area contributed by atoms with Crippen LogP contribution in [0.2, 0.25) is 0 Å². The molecule has 1 N–H and O–H groups in total. The van der Waals surface area contributed by atoms with Crippen LogP contribution in [0.25, 0.3) is 0 Å². The van der Waals surface area contributed by atoms with Crippen molar-refractivity contribution >= 4 is 11.8 Å². The van der Waals surface area contributed by atoms with Crippen LogP contribution in [0.15, 0.2) is 42.5 Å². The minimum absolute atomic E-state index is 0.0630. The maximum absolute atomic E-state index is 12.8. The summed E-state index contributed by atoms with van der Waals surface area (Å²) in [6.45, 7) is 10.5. The van der Waals surface area contributed by atoms with Gasteiger partial charge in [-0.05, 0) is 62.4 Å². The zero-order valence-electron chi connectivity index (χ0n) is 19.3. The van der Waals surface area contributed by atoms with Gasteiger partial charge >= 0.3 is 0 Å². The molecule has 31 heavy (non-hydrogen) atoms. The Morgan fingerprint density at radius 2 is 1.94 bits per heavy atom. The van der Waals surface area contributed by atoms with Gasteiger partial charge < -0.3 is 15.0 Å². The van der Waals surface area contributed by atoms with Crippen LogP contribution in [0, 0.1) is 6.92 Å². The van der Waals surface area contributed by atoms with Gasteiger partial charge in [0.25, 0.3) is 5.91 Å². The van der Waals surface area contributed by atoms with Crippen molar-refractivity contribution in [3.63, 3.8) is 0 Å². The van der Waals surface area contributed by atoms with Crippen LogP contribution >= 0.6 is 0 Å². The molecule has 0 spiro atoms. The van der Waals surface area contributed by atoms with Gasteiger partial charge in [0.15, 0.2) is 6.10 Å². The Morgan fingerprint density at radius 3 is 2.58 bits per heavy atom. The Morgan fingerprint density at radius 1 is 1.16 bits per heavy atom. The minimum Gasteiger partial charge on any atom is -0.481 e. The third-order valence-corrected chi connectivity index (χ3v) is 5.70. The lowest BCUT2D eigenvalue weighted by molar-refractivity contribution is -0.133. The van der Waals surface area contributed by atoms with E-state index >= 15 is 0 Å². The largest absolute Gasteiger partial charge is 0.481 e. The molecule has 3 rings (SSSR count). The predicted octanol–water partition coefficient (Wildman–Crippen LogP) is 4.56. The smallest absolute Gasteiger partial charge is 0.261 e. The fraction of sp³-hybridized carbons (Fsp3) is 0.462. The summed E-state index contributed by atoms with van der Waals surface area (Å²) in [5, 5.41) is 2.93. The van der Waals surface area contributed by atoms with Crippen molar-refractivity contribution in [2.24, 2.45) is 0 Å². The summed E-state index contributed by atoms with van der Waals surface area (Å²) in [6, 6.07) is 14.3. The molecule has 0 aliphatic carbocycles. The number of carbonyl (C=O) groups excluding carboxylic acids is 2. The fourth-order valence-electron chi connectivity index (χ4n) is 4.20. The van der Waals surface area contributed by atoms with Crippen LogP contribution < -0.4 is 10.1 Å². The molecule has 0 unspecified atom stereocenters. The molecule has 2 aromatic carbocycles. The number of amides is 2. The molecule has 0 fully saturated rings. The van der Waals surface area contributed by atoms with E-state index in [9.17, 15) is 9.59 Å². The highest BCUT2D eigenvalue weighted by Gasteiger charge is 2.32. The molecule has 2 amide bonds. The summed E-state index contributed by atoms with van der Waals surface area (Å²) >= 11 is 0. The molecule has 1 aliphatic rings. The summed E-state index contributed by atoms with van der Waals surface area (Å²) in [4.78, 5) is 27.3. The predicted molar refractivity (Wildman–Crippen MR) is 123 cm³/mol. The van der Waals surface area contributed by atoms with Gasteiger partial charge in [-0.2, -0.15) is 0 Å². The van der Waals surface area contributed by atoms with Gasteiger partial charge in [-0.1, -0.05) is 49.7 Å². The second kappa shape index (κ2) is 9.99. The van der Waals surface area contributed by atoms with E-state index in [2.05, 4.69) is 36.5 Å². The minimum atomic E-state index is -0.546. The zero-order valence-corrected chi connectivity index (χ0v) is 19.3. The summed E-state index contributed by atoms with van der Waals surface area (Å²) in [7, 11) is 0. The molecule has 1 heterocycles. The normalized spacial score (nSPS) is 16.6. The molecule has 1 aliphatic heterocycles. The van der Waals surface area contributed by atoms with Crippen LogP contribution in [-0.2, 0) is 16.0 Å². The van der Waals surface area contributed by atoms with E-state index in [0.29, 0.717) is 25.1 Å². The van der Waals surface area contributed by atoms with Crippen molar-refractivity contribution < 1.29 is 14.3 Å². The summed E-state index contributed by atoms with van der Waals surface area (Å²) in [6.07, 6.45) is 1.32. The summed E-state index contributed by atoms with van der Waals surface area (Å²) < 4.78 is 6.11. The van der Waals surface area contributed by atoms with Gasteiger partial charge in [-0.15, -0.1) is 0 Å². The first-order chi connectivity index (χ1) is 14.8. The number of hydrogen-bond acceptors (Lipinski definition) is 3. The molecule has 166 valence electrons. The number of benzene rings is 2. The number of nitrogens with zero attached hydrogens (tertiary/aromatic N) is 1. The topological polar surface area (TPSA) is 58.6 Å². The second-order valence-electron chi connectivity index (χ2n) is 8.55. The molecule has 2 aromatic rings. The summed E-state index contributed by atoms with van der Waals surface area (Å²) in [5.41, 5.74) is 4.57. The van der Waals surface area contributed by atoms with E-state index < -0.39 is 6.10 Å². The lowest BCUT2D eigenvalue weighted by Crippen LogP contribution is -2.41. The van der Waals surface area contributed by atoms with E-state index in [4.69, 9.17) is 4.74 Å². The van der Waals surface area contributed by atoms with E-state index in [1.165, 1.54) is 5.56 Å². The van der Waals surface area contributed by atoms with Crippen molar-refractivity contribution in [3.05, 3.63) is 64.7 Å². The SMILES string of the molecule is CCC(=O)N1CCc2ccc(O[C@@H](CC)C(=O)NC(C)C)cc2[C@@H]1c1cccc(C)c1. The van der Waals surface area contributed by atoms with Crippen molar-refractivity contribution in [2.75, 3.05) is 6.54 Å². The van der Waals surface area contributed by atoms with Crippen molar-refractivity contribution in [1.82, 2.24) is 10.2 Å². The summed E-state index contributed by atoms with van der Waals surface area (Å²) in [5.74, 6) is 0.701. The molecule has 0 saturated heterocycles. The number of aryl methyl sites for hydroxylation is 1. The number of nitrogens with one attached hydrogen (secondary N) is 1. The molecule has 5 heteroatoms. The molecular weight excluding hydrogens is 388 g/mol. The number of fused-ring (bicyclic) bond motifs is 1. The first-order valence-corrected chi connectivity index (χ1v) is 11.3. The van der Waals surface area contributed by atoms with Gasteiger partial charge in [-0.3, -0.25) is 9.59 Å². The second-order valence-corrected chi connectivity index (χ2v) is 8.55. The average molecular weight is 423 g/mol. The van der Waals surface area contributed by atoms with Gasteiger partial charge in [0.05, 0.1) is 6.04 Å². The van der Waals surface area contributed by atoms with Crippen molar-refractivity contribution in [3.8, 4) is 5.75 Å². The van der Waals surface area contributed by atoms with Crippen LogP contribution in [-0.4, -0.2) is 35.4 Å². The van der Waals surface area contributed by atoms with Crippen LogP contribution in [0.3, 0.4) is 0 Å². The highest BCUT2D eigenvalue weighted by molar-refractivity contribution is 5.81. The number of carbonyl (C=O) groups is 2. The van der Waals surface area contributed by atoms with Gasteiger partial charge in [0, 0.05) is 19.0 Å². The number of hydrogen-bond donors (Lipinski definition) is 1. The highest BCUT2D eigenvalue weighted by atomic mass is 16.5. The molecule has 2 atom stereocenters. The third kappa shape index (κ3) is 5.27. The molecule has 5 nitrogen and oxygen atoms in total. The van der Waals surface area contributed by atoms with Crippen LogP contribution in [0.1, 0.15) is 68.8 Å². The quantitative estimate of drug-likeness (QED) is 0.712. The standard InChI is InChI=1S/C26H34N2O3/c1-6-23(26(30)27-17(3)4)31-21-12-11-19-13-14-28(24(29)7-2)25(22(19)16-21)20-10-8-9-18(5)15-20/h8-12,15-17,23,25H,6-7,13-14H2,1-5H3,(H,27,30)/t23-,25-/m0/s1. The highest BCUT2D eigenvalue weighted by Crippen LogP contribution is 2.38. The lowest BCUT2D eigenvalue weighted by atomic mass is 9.87. The fourth-order valence-corrected chi connectivity index (χ4v) is 4.20. The number of rotatable bonds is 7. The van der Waals surface area contributed by atoms with E-state index in [0.717, 1.165) is 23.1 Å². The maximum atomic E-state index is 12.8. The Labute approximate surface area is 185 Å². The Kier molecular flexibility index (Phi) is 7.37. The Hall–Kier alpha value is -2.82. The van der Waals surface area contributed by atoms with Gasteiger partial charge in [0.2, 0.25) is 5.91 Å². The zero-order chi connectivity index (χ0) is 22.5. The van der Waals surface area contributed by atoms with E-state index in [1.54, 1.807) is 0 Å². The first-order valence-electron chi connectivity index (χ1n) is 11.3. The average Bonchev–Trinajstić information content (AvgIpc) is 2.75. The molecule has 0 radical (unpaired) electrons. The lowest BCUT2D eigenvalue weighted by Gasteiger charge is -2.38. The maximum Gasteiger partial charge on any atom is 0.261 e. The monoisotopic (exact) mass is 422 g/mol. The Bertz CT molecular complexity index is 938. The molecule has 0 bridgehead atoms. The first kappa shape index (κ1) is 22.9. The molecule has 0 saturated carbocycles. The third-order valence-electron chi connectivity index (χ3n) is 5.70. The van der Waals surface area contributed by atoms with Crippen molar-refractivity contribution in [2.45, 2.75) is 72.1 Å². The van der Waals surface area contributed by atoms with Crippen LogP contribution in [0.5, 0.6) is 5.75 Å². The molecule has 0 aromatic heterocycles. The van der Waals surface area contributed by atoms with Gasteiger partial charge in [0.1, 0.15) is 5.75 Å². The van der Waals surface area contributed by atoms with Crippen LogP contribution in [0.4, 0.5) is 0 Å².